The molecule has 0 radical (unpaired) electrons. The van der Waals surface area contributed by atoms with Crippen LogP contribution >= 0.6 is 0 Å². The number of hydrogen-bond donors (Lipinski definition) is 1. The largest absolute Gasteiger partial charge is 0.342 e. The van der Waals surface area contributed by atoms with E-state index in [0.717, 1.165) is 57.8 Å². The van der Waals surface area contributed by atoms with Gasteiger partial charge in [-0.15, -0.1) is 0 Å². The molecule has 1 saturated carbocycles. The molecule has 0 bridgehead atoms. The number of hydrogen-bond acceptors (Lipinski definition) is 3. The highest BCUT2D eigenvalue weighted by molar-refractivity contribution is 5.84. The molecule has 142 valence electrons. The third kappa shape index (κ3) is 4.96. The van der Waals surface area contributed by atoms with Crippen molar-refractivity contribution in [1.82, 2.24) is 15.1 Å². The fourth-order valence-corrected chi connectivity index (χ4v) is 4.06. The van der Waals surface area contributed by atoms with Gasteiger partial charge in [-0.1, -0.05) is 20.8 Å². The van der Waals surface area contributed by atoms with Crippen molar-refractivity contribution in [3.05, 3.63) is 0 Å². The van der Waals surface area contributed by atoms with Crippen LogP contribution in [-0.2, 0) is 9.59 Å². The summed E-state index contributed by atoms with van der Waals surface area (Å²) in [6.07, 6.45) is 6.77. The Morgan fingerprint density at radius 2 is 1.64 bits per heavy atom. The van der Waals surface area contributed by atoms with E-state index < -0.39 is 0 Å². The molecule has 1 atom stereocenters. The minimum atomic E-state index is -0.365. The van der Waals surface area contributed by atoms with Gasteiger partial charge in [-0.25, -0.2) is 0 Å². The second-order valence-corrected chi connectivity index (χ2v) is 9.29. The van der Waals surface area contributed by atoms with Crippen molar-refractivity contribution in [2.75, 3.05) is 32.7 Å². The second kappa shape index (κ2) is 7.65. The minimum Gasteiger partial charge on any atom is -0.342 e. The van der Waals surface area contributed by atoms with Gasteiger partial charge in [-0.05, 0) is 51.0 Å². The summed E-state index contributed by atoms with van der Waals surface area (Å²) in [6, 6.07) is 0.579. The molecule has 5 heteroatoms. The molecule has 3 aliphatic rings. The van der Waals surface area contributed by atoms with Gasteiger partial charge < -0.3 is 15.1 Å². The van der Waals surface area contributed by atoms with Crippen LogP contribution in [0, 0.1) is 17.3 Å². The predicted molar refractivity (Wildman–Crippen MR) is 99.1 cm³/mol. The van der Waals surface area contributed by atoms with Crippen LogP contribution in [-0.4, -0.2) is 60.4 Å². The highest BCUT2D eigenvalue weighted by Crippen LogP contribution is 2.28. The van der Waals surface area contributed by atoms with Crippen LogP contribution in [0.15, 0.2) is 0 Å². The van der Waals surface area contributed by atoms with Crippen LogP contribution in [0.1, 0.15) is 59.3 Å². The Morgan fingerprint density at radius 1 is 0.960 bits per heavy atom. The van der Waals surface area contributed by atoms with Crippen LogP contribution in [0.5, 0.6) is 0 Å². The summed E-state index contributed by atoms with van der Waals surface area (Å²) < 4.78 is 0. The number of piperidine rings is 2. The molecule has 2 saturated heterocycles. The maximum Gasteiger partial charge on any atom is 0.227 e. The third-order valence-corrected chi connectivity index (χ3v) is 5.90. The Morgan fingerprint density at radius 3 is 2.24 bits per heavy atom. The van der Waals surface area contributed by atoms with Crippen LogP contribution < -0.4 is 5.32 Å². The lowest BCUT2D eigenvalue weighted by Gasteiger charge is -2.39. The van der Waals surface area contributed by atoms with E-state index in [9.17, 15) is 9.59 Å². The number of rotatable bonds is 4. The third-order valence-electron chi connectivity index (χ3n) is 5.90. The number of amides is 2. The van der Waals surface area contributed by atoms with Crippen LogP contribution in [0.2, 0.25) is 0 Å². The normalized spacial score (nSPS) is 26.0. The first-order chi connectivity index (χ1) is 11.8. The summed E-state index contributed by atoms with van der Waals surface area (Å²) >= 11 is 0. The van der Waals surface area contributed by atoms with E-state index in [4.69, 9.17) is 0 Å². The lowest BCUT2D eigenvalue weighted by Crippen LogP contribution is -2.52. The number of nitrogens with zero attached hydrogens (tertiary/aromatic N) is 2. The first-order valence-electron chi connectivity index (χ1n) is 10.2. The lowest BCUT2D eigenvalue weighted by atomic mass is 9.90. The van der Waals surface area contributed by atoms with E-state index in [1.165, 1.54) is 12.8 Å². The monoisotopic (exact) mass is 349 g/mol. The molecule has 0 aromatic heterocycles. The first-order valence-corrected chi connectivity index (χ1v) is 10.2. The number of carbonyl (C=O) groups is 2. The maximum absolute atomic E-state index is 12.9. The Balaban J connectivity index is 1.46. The number of likely N-dealkylation sites (tertiary alicyclic amines) is 2. The van der Waals surface area contributed by atoms with Crippen molar-refractivity contribution in [3.8, 4) is 0 Å². The van der Waals surface area contributed by atoms with E-state index in [1.807, 2.05) is 30.6 Å². The highest BCUT2D eigenvalue weighted by atomic mass is 16.2. The zero-order valence-electron chi connectivity index (χ0n) is 16.2. The molecule has 1 unspecified atom stereocenters. The molecule has 0 aromatic rings. The van der Waals surface area contributed by atoms with Gasteiger partial charge in [-0.3, -0.25) is 9.59 Å². The standard InChI is InChI=1S/C20H35N3O2/c1-20(2,3)19(25)23-10-4-5-16(14-23)18(24)22-11-8-17(9-12-22)21-13-15-6-7-15/h15-17,21H,4-14H2,1-3H3. The zero-order valence-corrected chi connectivity index (χ0v) is 16.2. The van der Waals surface area contributed by atoms with Gasteiger partial charge in [0.1, 0.15) is 0 Å². The average Bonchev–Trinajstić information content (AvgIpc) is 3.43. The van der Waals surface area contributed by atoms with Gasteiger partial charge >= 0.3 is 0 Å². The number of nitrogens with one attached hydrogen (secondary N) is 1. The molecule has 25 heavy (non-hydrogen) atoms. The molecule has 2 amide bonds. The molecule has 1 aliphatic carbocycles. The van der Waals surface area contributed by atoms with Gasteiger partial charge in [0.05, 0.1) is 5.92 Å². The average molecular weight is 350 g/mol. The van der Waals surface area contributed by atoms with Gasteiger partial charge in [0, 0.05) is 37.6 Å². The van der Waals surface area contributed by atoms with Gasteiger partial charge in [0.2, 0.25) is 11.8 Å². The topological polar surface area (TPSA) is 52.7 Å². The van der Waals surface area contributed by atoms with E-state index in [1.54, 1.807) is 0 Å². The van der Waals surface area contributed by atoms with Crippen molar-refractivity contribution in [2.24, 2.45) is 17.3 Å². The fraction of sp³-hybridized carbons (Fsp3) is 0.900. The number of carbonyl (C=O) groups excluding carboxylic acids is 2. The SMILES string of the molecule is CC(C)(C)C(=O)N1CCCC(C(=O)N2CCC(NCC3CC3)CC2)C1. The van der Waals surface area contributed by atoms with Gasteiger partial charge in [-0.2, -0.15) is 0 Å². The Labute approximate surface area is 152 Å². The highest BCUT2D eigenvalue weighted by Gasteiger charge is 2.35. The lowest BCUT2D eigenvalue weighted by molar-refractivity contribution is -0.145. The summed E-state index contributed by atoms with van der Waals surface area (Å²) in [6.45, 7) is 10.2. The van der Waals surface area contributed by atoms with Gasteiger partial charge in [0.25, 0.3) is 0 Å². The van der Waals surface area contributed by atoms with Crippen LogP contribution in [0.3, 0.4) is 0 Å². The van der Waals surface area contributed by atoms with Crippen molar-refractivity contribution < 1.29 is 9.59 Å². The minimum absolute atomic E-state index is 0.00368. The van der Waals surface area contributed by atoms with E-state index in [0.29, 0.717) is 12.6 Å². The predicted octanol–water partition coefficient (Wildman–Crippen LogP) is 2.26. The molecule has 3 rings (SSSR count). The van der Waals surface area contributed by atoms with Crippen LogP contribution in [0.25, 0.3) is 0 Å². The van der Waals surface area contributed by atoms with E-state index in [-0.39, 0.29) is 23.1 Å². The molecular weight excluding hydrogens is 314 g/mol. The quantitative estimate of drug-likeness (QED) is 0.847. The summed E-state index contributed by atoms with van der Waals surface area (Å²) in [5.41, 5.74) is -0.365. The Hall–Kier alpha value is -1.10. The molecule has 1 N–H and O–H groups in total. The first kappa shape index (κ1) is 18.7. The molecule has 0 spiro atoms. The second-order valence-electron chi connectivity index (χ2n) is 9.29. The zero-order chi connectivity index (χ0) is 18.0. The summed E-state index contributed by atoms with van der Waals surface area (Å²) in [4.78, 5) is 29.4. The molecule has 2 aliphatic heterocycles. The molecule has 2 heterocycles. The fourth-order valence-electron chi connectivity index (χ4n) is 4.06. The molecule has 3 fully saturated rings. The Bertz CT molecular complexity index is 488. The van der Waals surface area contributed by atoms with E-state index >= 15 is 0 Å². The smallest absolute Gasteiger partial charge is 0.227 e. The van der Waals surface area contributed by atoms with Crippen LogP contribution in [0.4, 0.5) is 0 Å². The molecule has 0 aromatic carbocycles. The summed E-state index contributed by atoms with van der Waals surface area (Å²) in [7, 11) is 0. The molecule has 5 nitrogen and oxygen atoms in total. The maximum atomic E-state index is 12.9. The summed E-state index contributed by atoms with van der Waals surface area (Å²) in [5, 5.41) is 3.67. The molecular formula is C20H35N3O2. The van der Waals surface area contributed by atoms with Crippen molar-refractivity contribution in [1.29, 1.82) is 0 Å². The van der Waals surface area contributed by atoms with Crippen molar-refractivity contribution in [2.45, 2.75) is 65.3 Å². The van der Waals surface area contributed by atoms with E-state index in [2.05, 4.69) is 5.32 Å². The van der Waals surface area contributed by atoms with Crippen molar-refractivity contribution in [3.63, 3.8) is 0 Å². The Kier molecular flexibility index (Phi) is 5.71. The van der Waals surface area contributed by atoms with Crippen molar-refractivity contribution >= 4 is 11.8 Å². The van der Waals surface area contributed by atoms with Gasteiger partial charge in [0.15, 0.2) is 0 Å². The summed E-state index contributed by atoms with van der Waals surface area (Å²) in [5.74, 6) is 1.35.